The van der Waals surface area contributed by atoms with Crippen molar-refractivity contribution >= 4 is 46.2 Å². The van der Waals surface area contributed by atoms with Crippen molar-refractivity contribution in [3.05, 3.63) is 82.4 Å². The summed E-state index contributed by atoms with van der Waals surface area (Å²) >= 11 is 6.18. The number of carbonyl (C=O) groups is 2. The lowest BCUT2D eigenvalue weighted by molar-refractivity contribution is -0.137. The number of anilines is 4. The second kappa shape index (κ2) is 9.36. The quantitative estimate of drug-likeness (QED) is 0.353. The lowest BCUT2D eigenvalue weighted by Gasteiger charge is -2.35. The normalized spacial score (nSPS) is 16.7. The van der Waals surface area contributed by atoms with Crippen LogP contribution in [0.15, 0.2) is 60.7 Å². The number of halogens is 4. The summed E-state index contributed by atoms with van der Waals surface area (Å²) in [4.78, 5) is 27.7. The van der Waals surface area contributed by atoms with E-state index in [1.807, 2.05) is 0 Å². The van der Waals surface area contributed by atoms with Gasteiger partial charge in [0.1, 0.15) is 0 Å². The minimum atomic E-state index is -4.67. The van der Waals surface area contributed by atoms with Crippen molar-refractivity contribution in [2.75, 3.05) is 35.4 Å². The minimum Gasteiger partial charge on any atom is -0.341 e. The summed E-state index contributed by atoms with van der Waals surface area (Å²) in [5.74, 6) is -2.71. The Morgan fingerprint density at radius 1 is 0.944 bits per heavy atom. The third kappa shape index (κ3) is 4.69. The molecule has 4 rings (SSSR count). The summed E-state index contributed by atoms with van der Waals surface area (Å²) in [5, 5.41) is 12.2. The molecule has 36 heavy (non-hydrogen) atoms. The van der Waals surface area contributed by atoms with Crippen LogP contribution < -0.4 is 21.3 Å². The predicted octanol–water partition coefficient (Wildman–Crippen LogP) is 5.61. The molecular weight excluding hydrogens is 495 g/mol. The van der Waals surface area contributed by atoms with Crippen LogP contribution in [0.1, 0.15) is 21.5 Å². The van der Waals surface area contributed by atoms with Gasteiger partial charge in [-0.05, 0) is 69.0 Å². The van der Waals surface area contributed by atoms with Gasteiger partial charge < -0.3 is 21.3 Å². The van der Waals surface area contributed by atoms with E-state index in [4.69, 9.17) is 11.6 Å². The lowest BCUT2D eigenvalue weighted by Crippen LogP contribution is -2.62. The van der Waals surface area contributed by atoms with Crippen LogP contribution in [0.4, 0.5) is 35.9 Å². The van der Waals surface area contributed by atoms with E-state index in [1.165, 1.54) is 18.2 Å². The van der Waals surface area contributed by atoms with Gasteiger partial charge in [0, 0.05) is 16.4 Å². The number of likely N-dealkylation sites (N-methyl/N-ethyl adjacent to an activating group) is 1. The van der Waals surface area contributed by atoms with E-state index in [2.05, 4.69) is 21.3 Å². The molecule has 3 aromatic carbocycles. The Labute approximate surface area is 210 Å². The molecule has 1 aliphatic rings. The summed E-state index contributed by atoms with van der Waals surface area (Å²) in [6.07, 6.45) is -4.67. The van der Waals surface area contributed by atoms with Gasteiger partial charge in [-0.25, -0.2) is 0 Å². The monoisotopic (exact) mass is 517 g/mol. The molecule has 1 atom stereocenters. The third-order valence-corrected chi connectivity index (χ3v) is 6.31. The van der Waals surface area contributed by atoms with Crippen LogP contribution in [-0.4, -0.2) is 36.6 Å². The average molecular weight is 518 g/mol. The van der Waals surface area contributed by atoms with E-state index in [9.17, 15) is 22.8 Å². The maximum Gasteiger partial charge on any atom is 0.417 e. The molecule has 2 amide bonds. The number of nitrogens with zero attached hydrogens (tertiary/aromatic N) is 1. The number of nitrogens with one attached hydrogen (secondary N) is 4. The van der Waals surface area contributed by atoms with Crippen molar-refractivity contribution in [2.24, 2.45) is 0 Å². The summed E-state index contributed by atoms with van der Waals surface area (Å²) in [7, 11) is 3.40. The van der Waals surface area contributed by atoms with Crippen molar-refractivity contribution in [1.82, 2.24) is 4.90 Å². The molecule has 0 aromatic heterocycles. The van der Waals surface area contributed by atoms with Gasteiger partial charge in [-0.3, -0.25) is 14.5 Å². The highest BCUT2D eigenvalue weighted by molar-refractivity contribution is 6.31. The smallest absolute Gasteiger partial charge is 0.341 e. The molecule has 188 valence electrons. The molecule has 7 nitrogen and oxygen atoms in total. The molecule has 3 aromatic rings. The van der Waals surface area contributed by atoms with Gasteiger partial charge in [0.15, 0.2) is 0 Å². The van der Waals surface area contributed by atoms with E-state index in [0.717, 1.165) is 12.1 Å². The topological polar surface area (TPSA) is 85.5 Å². The number of amides is 2. The summed E-state index contributed by atoms with van der Waals surface area (Å²) in [6.45, 7) is 1.79. The highest BCUT2D eigenvalue weighted by atomic mass is 35.5. The Balaban J connectivity index is 1.57. The molecule has 0 saturated carbocycles. The first-order valence-corrected chi connectivity index (χ1v) is 11.2. The number of alkyl halides is 3. The number of hydrogen-bond donors (Lipinski definition) is 4. The van der Waals surface area contributed by atoms with Gasteiger partial charge >= 0.3 is 6.18 Å². The summed E-state index contributed by atoms with van der Waals surface area (Å²) < 4.78 is 40.0. The van der Waals surface area contributed by atoms with Crippen molar-refractivity contribution in [3.63, 3.8) is 0 Å². The average Bonchev–Trinajstić information content (AvgIpc) is 3.22. The highest BCUT2D eigenvalue weighted by Crippen LogP contribution is 2.38. The Hall–Kier alpha value is -3.76. The molecule has 1 aliphatic heterocycles. The van der Waals surface area contributed by atoms with Crippen molar-refractivity contribution < 1.29 is 22.8 Å². The SMILES string of the molecule is Cc1c(Cl)cccc1NC(=O)C1(N(C)C)Nc2ccc(NC(=O)c3ccccc3C(F)(F)F)cc2N1. The van der Waals surface area contributed by atoms with Gasteiger partial charge in [-0.1, -0.05) is 29.8 Å². The molecule has 4 N–H and O–H groups in total. The van der Waals surface area contributed by atoms with Crippen LogP contribution in [0.25, 0.3) is 0 Å². The van der Waals surface area contributed by atoms with E-state index in [-0.39, 0.29) is 5.69 Å². The fraction of sp³-hybridized carbons (Fsp3) is 0.200. The first-order chi connectivity index (χ1) is 16.9. The molecular formula is C25H23ClF3N5O2. The zero-order valence-electron chi connectivity index (χ0n) is 19.5. The van der Waals surface area contributed by atoms with Gasteiger partial charge in [0.25, 0.3) is 11.8 Å². The molecule has 0 radical (unpaired) electrons. The van der Waals surface area contributed by atoms with E-state index in [0.29, 0.717) is 27.6 Å². The molecule has 0 aliphatic carbocycles. The van der Waals surface area contributed by atoms with Crippen molar-refractivity contribution in [3.8, 4) is 0 Å². The zero-order chi connectivity index (χ0) is 26.3. The maximum atomic E-state index is 13.4. The van der Waals surface area contributed by atoms with Crippen LogP contribution in [0, 0.1) is 6.92 Å². The van der Waals surface area contributed by atoms with Crippen LogP contribution in [0.2, 0.25) is 5.02 Å². The molecule has 1 unspecified atom stereocenters. The lowest BCUT2D eigenvalue weighted by atomic mass is 10.1. The largest absolute Gasteiger partial charge is 0.417 e. The zero-order valence-corrected chi connectivity index (χ0v) is 20.3. The highest BCUT2D eigenvalue weighted by Gasteiger charge is 2.46. The molecule has 0 spiro atoms. The van der Waals surface area contributed by atoms with E-state index < -0.39 is 34.9 Å². The second-order valence-electron chi connectivity index (χ2n) is 8.48. The number of rotatable bonds is 5. The van der Waals surface area contributed by atoms with Crippen LogP contribution in [0.5, 0.6) is 0 Å². The molecule has 1 heterocycles. The van der Waals surface area contributed by atoms with Gasteiger partial charge in [-0.2, -0.15) is 13.2 Å². The third-order valence-electron chi connectivity index (χ3n) is 5.90. The van der Waals surface area contributed by atoms with Crippen molar-refractivity contribution in [1.29, 1.82) is 0 Å². The van der Waals surface area contributed by atoms with Gasteiger partial charge in [0.2, 0.25) is 5.79 Å². The Bertz CT molecular complexity index is 1350. The van der Waals surface area contributed by atoms with Crippen LogP contribution in [0.3, 0.4) is 0 Å². The Morgan fingerprint density at radius 3 is 2.33 bits per heavy atom. The van der Waals surface area contributed by atoms with E-state index >= 15 is 0 Å². The molecule has 0 bridgehead atoms. The predicted molar refractivity (Wildman–Crippen MR) is 134 cm³/mol. The van der Waals surface area contributed by atoms with E-state index in [1.54, 1.807) is 56.3 Å². The maximum absolute atomic E-state index is 13.4. The number of carbonyl (C=O) groups excluding carboxylic acids is 2. The standard InChI is InChI=1S/C25H23ClF3N5O2/c1-14-18(26)9-6-10-19(14)31-23(36)25(34(2)3)32-20-12-11-15(13-21(20)33-25)30-22(35)16-7-4-5-8-17(16)24(27,28)29/h4-13,32-33H,1-3H3,(H,30,35)(H,31,36). The van der Waals surface area contributed by atoms with Crippen LogP contribution >= 0.6 is 11.6 Å². The fourth-order valence-corrected chi connectivity index (χ4v) is 4.05. The summed E-state index contributed by atoms with van der Waals surface area (Å²) in [5.41, 5.74) is 1.04. The Morgan fingerprint density at radius 2 is 1.64 bits per heavy atom. The fourth-order valence-electron chi connectivity index (χ4n) is 3.88. The summed E-state index contributed by atoms with van der Waals surface area (Å²) in [6, 6.07) is 14.4. The first kappa shape index (κ1) is 25.3. The van der Waals surface area contributed by atoms with Crippen LogP contribution in [-0.2, 0) is 11.0 Å². The number of fused-ring (bicyclic) bond motifs is 1. The minimum absolute atomic E-state index is 0.255. The molecule has 0 fully saturated rings. The number of hydrogen-bond acceptors (Lipinski definition) is 5. The first-order valence-electron chi connectivity index (χ1n) is 10.8. The second-order valence-corrected chi connectivity index (χ2v) is 8.89. The van der Waals surface area contributed by atoms with Gasteiger partial charge in [0.05, 0.1) is 22.5 Å². The van der Waals surface area contributed by atoms with Crippen molar-refractivity contribution in [2.45, 2.75) is 18.9 Å². The van der Waals surface area contributed by atoms with Gasteiger partial charge in [-0.15, -0.1) is 0 Å². The Kier molecular flexibility index (Phi) is 6.59. The molecule has 11 heteroatoms. The molecule has 0 saturated heterocycles. The number of benzene rings is 3.